The number of hydrogen-bond donors (Lipinski definition) is 1. The van der Waals surface area contributed by atoms with E-state index in [4.69, 9.17) is 4.74 Å². The molecule has 0 unspecified atom stereocenters. The van der Waals surface area contributed by atoms with E-state index in [2.05, 4.69) is 34.5 Å². The summed E-state index contributed by atoms with van der Waals surface area (Å²) in [6.45, 7) is 6.03. The lowest BCUT2D eigenvalue weighted by Gasteiger charge is -2.33. The van der Waals surface area contributed by atoms with Crippen LogP contribution in [0, 0.1) is 13.8 Å². The van der Waals surface area contributed by atoms with E-state index in [9.17, 15) is 4.79 Å². The predicted molar refractivity (Wildman–Crippen MR) is 97.5 cm³/mol. The third-order valence-electron chi connectivity index (χ3n) is 4.96. The van der Waals surface area contributed by atoms with E-state index >= 15 is 0 Å². The summed E-state index contributed by atoms with van der Waals surface area (Å²) in [7, 11) is 0. The number of ether oxygens (including phenoxy) is 1. The summed E-state index contributed by atoms with van der Waals surface area (Å²) < 4.78 is 5.86. The molecule has 2 heterocycles. The maximum atomic E-state index is 12.6. The number of nitrogens with zero attached hydrogens (tertiary/aromatic N) is 2. The first-order valence-electron chi connectivity index (χ1n) is 9.07. The normalized spacial score (nSPS) is 17.7. The molecule has 1 amide bonds. The highest BCUT2D eigenvalue weighted by molar-refractivity contribution is 5.76. The molecular weight excluding hydrogens is 314 g/mol. The van der Waals surface area contributed by atoms with Crippen LogP contribution in [0.2, 0.25) is 0 Å². The first-order valence-corrected chi connectivity index (χ1v) is 9.07. The summed E-state index contributed by atoms with van der Waals surface area (Å²) >= 11 is 0. The molecule has 1 aromatic carbocycles. The molecule has 3 rings (SSSR count). The van der Waals surface area contributed by atoms with Gasteiger partial charge in [-0.05, 0) is 44.2 Å². The van der Waals surface area contributed by atoms with Crippen molar-refractivity contribution in [3.8, 4) is 0 Å². The second kappa shape index (κ2) is 8.30. The molecule has 0 aliphatic carbocycles. The molecule has 25 heavy (non-hydrogen) atoms. The van der Waals surface area contributed by atoms with Crippen LogP contribution in [0.25, 0.3) is 0 Å². The zero-order valence-corrected chi connectivity index (χ0v) is 15.1. The highest BCUT2D eigenvalue weighted by atomic mass is 16.5. The van der Waals surface area contributed by atoms with Gasteiger partial charge in [-0.25, -0.2) is 0 Å². The minimum atomic E-state index is 0.135. The van der Waals surface area contributed by atoms with Crippen molar-refractivity contribution in [2.24, 2.45) is 0 Å². The summed E-state index contributed by atoms with van der Waals surface area (Å²) in [5.74, 6) is 0.216. The third kappa shape index (κ3) is 4.69. The smallest absolute Gasteiger partial charge is 0.223 e. The number of nitrogens with one attached hydrogen (secondary N) is 1. The summed E-state index contributed by atoms with van der Waals surface area (Å²) in [5, 5.41) is 7.19. The Morgan fingerprint density at radius 3 is 2.80 bits per heavy atom. The molecule has 1 atom stereocenters. The fourth-order valence-corrected chi connectivity index (χ4v) is 3.43. The minimum absolute atomic E-state index is 0.135. The summed E-state index contributed by atoms with van der Waals surface area (Å²) in [4.78, 5) is 14.5. The Labute approximate surface area is 149 Å². The molecule has 1 aromatic heterocycles. The van der Waals surface area contributed by atoms with E-state index in [-0.39, 0.29) is 12.0 Å². The number of aromatic nitrogens is 2. The summed E-state index contributed by atoms with van der Waals surface area (Å²) in [6, 6.07) is 10.4. The van der Waals surface area contributed by atoms with Crippen LogP contribution in [0.3, 0.4) is 0 Å². The minimum Gasteiger partial charge on any atom is -0.375 e. The largest absolute Gasteiger partial charge is 0.375 e. The standard InChI is InChI=1S/C20H27N3O2/c1-15-19(16(2)22-21-15)10-11-20(24)23-12-13-25-18(14-23)9-8-17-6-4-3-5-7-17/h3-7,18H,8-14H2,1-2H3,(H,21,22)/t18-/m0/s1. The van der Waals surface area contributed by atoms with Gasteiger partial charge >= 0.3 is 0 Å². The zero-order chi connectivity index (χ0) is 17.6. The highest BCUT2D eigenvalue weighted by Crippen LogP contribution is 2.16. The van der Waals surface area contributed by atoms with E-state index in [0.717, 1.165) is 30.7 Å². The number of rotatable bonds is 6. The van der Waals surface area contributed by atoms with Gasteiger partial charge < -0.3 is 9.64 Å². The van der Waals surface area contributed by atoms with Gasteiger partial charge in [0.05, 0.1) is 18.4 Å². The van der Waals surface area contributed by atoms with Crippen LogP contribution in [-0.2, 0) is 22.4 Å². The second-order valence-electron chi connectivity index (χ2n) is 6.77. The Morgan fingerprint density at radius 1 is 1.28 bits per heavy atom. The molecule has 0 saturated carbocycles. The summed E-state index contributed by atoms with van der Waals surface area (Å²) in [5.41, 5.74) is 4.55. The lowest BCUT2D eigenvalue weighted by molar-refractivity contribution is -0.138. The fraction of sp³-hybridized carbons (Fsp3) is 0.500. The molecule has 1 saturated heterocycles. The average Bonchev–Trinajstić information content (AvgIpc) is 2.97. The first kappa shape index (κ1) is 17.7. The number of amides is 1. The molecule has 0 radical (unpaired) electrons. The molecule has 1 aliphatic rings. The van der Waals surface area contributed by atoms with Gasteiger partial charge in [0.25, 0.3) is 0 Å². The van der Waals surface area contributed by atoms with Crippen molar-refractivity contribution in [2.45, 2.75) is 45.6 Å². The lowest BCUT2D eigenvalue weighted by Crippen LogP contribution is -2.45. The van der Waals surface area contributed by atoms with E-state index in [1.807, 2.05) is 24.8 Å². The quantitative estimate of drug-likeness (QED) is 0.879. The van der Waals surface area contributed by atoms with E-state index < -0.39 is 0 Å². The van der Waals surface area contributed by atoms with Crippen molar-refractivity contribution >= 4 is 5.91 Å². The zero-order valence-electron chi connectivity index (χ0n) is 15.1. The van der Waals surface area contributed by atoms with Crippen LogP contribution in [-0.4, -0.2) is 46.8 Å². The molecule has 5 nitrogen and oxygen atoms in total. The Bertz CT molecular complexity index is 677. The number of morpholine rings is 1. The van der Waals surface area contributed by atoms with Gasteiger partial charge in [-0.3, -0.25) is 9.89 Å². The van der Waals surface area contributed by atoms with Crippen LogP contribution >= 0.6 is 0 Å². The highest BCUT2D eigenvalue weighted by Gasteiger charge is 2.24. The van der Waals surface area contributed by atoms with Crippen LogP contribution in [0.1, 0.15) is 35.4 Å². The second-order valence-corrected chi connectivity index (χ2v) is 6.77. The number of benzene rings is 1. The maximum absolute atomic E-state index is 12.6. The van der Waals surface area contributed by atoms with Crippen molar-refractivity contribution in [3.63, 3.8) is 0 Å². The molecule has 5 heteroatoms. The molecule has 2 aromatic rings. The van der Waals surface area contributed by atoms with Crippen LogP contribution in [0.5, 0.6) is 0 Å². The number of aromatic amines is 1. The SMILES string of the molecule is Cc1n[nH]c(C)c1CCC(=O)N1CCO[C@@H](CCc2ccccc2)C1. The number of aryl methyl sites for hydroxylation is 3. The Kier molecular flexibility index (Phi) is 5.87. The molecule has 0 bridgehead atoms. The number of carbonyl (C=O) groups excluding carboxylic acids is 1. The van der Waals surface area contributed by atoms with Crippen molar-refractivity contribution in [2.75, 3.05) is 19.7 Å². The lowest BCUT2D eigenvalue weighted by atomic mass is 10.0. The van der Waals surface area contributed by atoms with Crippen molar-refractivity contribution < 1.29 is 9.53 Å². The topological polar surface area (TPSA) is 58.2 Å². The molecule has 1 fully saturated rings. The van der Waals surface area contributed by atoms with Crippen molar-refractivity contribution in [1.29, 1.82) is 0 Å². The van der Waals surface area contributed by atoms with Crippen molar-refractivity contribution in [3.05, 3.63) is 52.8 Å². The monoisotopic (exact) mass is 341 g/mol. The summed E-state index contributed by atoms with van der Waals surface area (Å²) in [6.07, 6.45) is 3.36. The third-order valence-corrected chi connectivity index (χ3v) is 4.96. The van der Waals surface area contributed by atoms with Gasteiger partial charge in [0.1, 0.15) is 0 Å². The van der Waals surface area contributed by atoms with E-state index in [0.29, 0.717) is 26.1 Å². The van der Waals surface area contributed by atoms with Gasteiger partial charge in [-0.2, -0.15) is 5.10 Å². The molecule has 1 N–H and O–H groups in total. The molecule has 1 aliphatic heterocycles. The van der Waals surface area contributed by atoms with Crippen LogP contribution in [0.15, 0.2) is 30.3 Å². The van der Waals surface area contributed by atoms with Gasteiger partial charge in [-0.15, -0.1) is 0 Å². The predicted octanol–water partition coefficient (Wildman–Crippen LogP) is 2.82. The van der Waals surface area contributed by atoms with Crippen molar-refractivity contribution in [1.82, 2.24) is 15.1 Å². The fourth-order valence-electron chi connectivity index (χ4n) is 3.43. The molecule has 134 valence electrons. The van der Waals surface area contributed by atoms with Gasteiger partial charge in [-0.1, -0.05) is 30.3 Å². The van der Waals surface area contributed by atoms with Gasteiger partial charge in [0.15, 0.2) is 0 Å². The number of H-pyrrole nitrogens is 1. The van der Waals surface area contributed by atoms with Crippen LogP contribution < -0.4 is 0 Å². The number of carbonyl (C=O) groups is 1. The maximum Gasteiger partial charge on any atom is 0.223 e. The van der Waals surface area contributed by atoms with E-state index in [1.54, 1.807) is 0 Å². The Hall–Kier alpha value is -2.14. The molecular formula is C20H27N3O2. The van der Waals surface area contributed by atoms with E-state index in [1.165, 1.54) is 11.1 Å². The van der Waals surface area contributed by atoms with Gasteiger partial charge in [0.2, 0.25) is 5.91 Å². The Balaban J connectivity index is 1.48. The average molecular weight is 341 g/mol. The first-order chi connectivity index (χ1) is 12.1. The molecule has 0 spiro atoms. The van der Waals surface area contributed by atoms with Crippen LogP contribution in [0.4, 0.5) is 0 Å². The Morgan fingerprint density at radius 2 is 2.08 bits per heavy atom. The number of hydrogen-bond acceptors (Lipinski definition) is 3. The van der Waals surface area contributed by atoms with Gasteiger partial charge in [0, 0.05) is 25.2 Å².